The quantitative estimate of drug-likeness (QED) is 0.922. The number of hydrogen-bond acceptors (Lipinski definition) is 4. The zero-order valence-electron chi connectivity index (χ0n) is 10.8. The third kappa shape index (κ3) is 2.97. The summed E-state index contributed by atoms with van der Waals surface area (Å²) < 4.78 is 26.4. The number of nitrogens with zero attached hydrogens (tertiary/aromatic N) is 1. The fourth-order valence-corrected chi connectivity index (χ4v) is 3.96. The zero-order valence-corrected chi connectivity index (χ0v) is 12.5. The van der Waals surface area contributed by atoms with Gasteiger partial charge in [-0.05, 0) is 23.6 Å². The summed E-state index contributed by atoms with van der Waals surface area (Å²) in [5, 5.41) is 4.85. The normalized spacial score (nSPS) is 11.7. The summed E-state index contributed by atoms with van der Waals surface area (Å²) in [7, 11) is -0.166. The average Bonchev–Trinajstić information content (AvgIpc) is 2.91. The highest BCUT2D eigenvalue weighted by Gasteiger charge is 2.23. The highest BCUT2D eigenvalue weighted by atomic mass is 32.2. The molecular formula is C13H16N2O2S2. The maximum absolute atomic E-state index is 12.5. The van der Waals surface area contributed by atoms with Crippen LogP contribution in [-0.4, -0.2) is 26.8 Å². The van der Waals surface area contributed by atoms with Crippen molar-refractivity contribution in [2.45, 2.75) is 11.4 Å². The molecule has 0 atom stereocenters. The molecule has 1 aromatic carbocycles. The molecule has 2 rings (SSSR count). The van der Waals surface area contributed by atoms with Crippen LogP contribution in [0.25, 0.3) is 0 Å². The fraction of sp³-hybridized carbons (Fsp3) is 0.231. The first-order chi connectivity index (χ1) is 9.05. The van der Waals surface area contributed by atoms with Crippen molar-refractivity contribution in [3.8, 4) is 0 Å². The summed E-state index contributed by atoms with van der Waals surface area (Å²) in [4.78, 5) is 1.32. The minimum absolute atomic E-state index is 0.302. The molecule has 0 saturated heterocycles. The van der Waals surface area contributed by atoms with Crippen LogP contribution in [-0.2, 0) is 16.6 Å². The van der Waals surface area contributed by atoms with E-state index >= 15 is 0 Å². The van der Waals surface area contributed by atoms with Crippen LogP contribution in [0.2, 0.25) is 0 Å². The Morgan fingerprint density at radius 3 is 2.58 bits per heavy atom. The summed E-state index contributed by atoms with van der Waals surface area (Å²) >= 11 is 1.55. The number of nitrogens with one attached hydrogen (secondary N) is 1. The van der Waals surface area contributed by atoms with Crippen molar-refractivity contribution >= 4 is 27.0 Å². The fourth-order valence-electron chi connectivity index (χ4n) is 1.77. The Morgan fingerprint density at radius 1 is 1.21 bits per heavy atom. The number of rotatable bonds is 5. The molecule has 6 heteroatoms. The van der Waals surface area contributed by atoms with E-state index in [9.17, 15) is 8.42 Å². The van der Waals surface area contributed by atoms with Gasteiger partial charge in [0.25, 0.3) is 0 Å². The van der Waals surface area contributed by atoms with Crippen LogP contribution in [0.5, 0.6) is 0 Å². The third-order valence-corrected chi connectivity index (χ3v) is 5.53. The Balaban J connectivity index is 2.31. The SMILES string of the molecule is CNc1ccccc1S(=O)(=O)N(C)Cc1cccs1. The monoisotopic (exact) mass is 296 g/mol. The van der Waals surface area contributed by atoms with Crippen LogP contribution < -0.4 is 5.32 Å². The number of anilines is 1. The van der Waals surface area contributed by atoms with Crippen molar-refractivity contribution in [2.24, 2.45) is 0 Å². The van der Waals surface area contributed by atoms with E-state index in [1.165, 1.54) is 4.31 Å². The van der Waals surface area contributed by atoms with E-state index in [0.29, 0.717) is 17.1 Å². The van der Waals surface area contributed by atoms with Crippen molar-refractivity contribution in [2.75, 3.05) is 19.4 Å². The predicted molar refractivity (Wildman–Crippen MR) is 79.0 cm³/mol. The van der Waals surface area contributed by atoms with Gasteiger partial charge in [0.1, 0.15) is 4.90 Å². The van der Waals surface area contributed by atoms with Crippen molar-refractivity contribution in [3.63, 3.8) is 0 Å². The molecule has 0 radical (unpaired) electrons. The van der Waals surface area contributed by atoms with Gasteiger partial charge in [-0.25, -0.2) is 8.42 Å². The Hall–Kier alpha value is -1.37. The lowest BCUT2D eigenvalue weighted by atomic mass is 10.3. The summed E-state index contributed by atoms with van der Waals surface area (Å²) in [6.45, 7) is 0.387. The largest absolute Gasteiger partial charge is 0.387 e. The van der Waals surface area contributed by atoms with Crippen LogP contribution in [0, 0.1) is 0 Å². The summed E-state index contributed by atoms with van der Waals surface area (Å²) in [6, 6.07) is 10.8. The Bertz CT molecular complexity index is 636. The van der Waals surface area contributed by atoms with E-state index in [4.69, 9.17) is 0 Å². The molecule has 2 aromatic rings. The highest BCUT2D eigenvalue weighted by Crippen LogP contribution is 2.25. The number of para-hydroxylation sites is 1. The van der Waals surface area contributed by atoms with E-state index in [-0.39, 0.29) is 0 Å². The maximum Gasteiger partial charge on any atom is 0.245 e. The molecule has 0 aliphatic rings. The van der Waals surface area contributed by atoms with Crippen molar-refractivity contribution in [1.29, 1.82) is 0 Å². The second-order valence-electron chi connectivity index (χ2n) is 4.09. The van der Waals surface area contributed by atoms with Crippen molar-refractivity contribution in [1.82, 2.24) is 4.31 Å². The van der Waals surface area contributed by atoms with Gasteiger partial charge >= 0.3 is 0 Å². The smallest absolute Gasteiger partial charge is 0.245 e. The van der Waals surface area contributed by atoms with E-state index < -0.39 is 10.0 Å². The molecule has 0 aliphatic heterocycles. The molecule has 0 unspecified atom stereocenters. The molecule has 0 saturated carbocycles. The minimum Gasteiger partial charge on any atom is -0.387 e. The second kappa shape index (κ2) is 5.73. The summed E-state index contributed by atoms with van der Waals surface area (Å²) in [6.07, 6.45) is 0. The summed E-state index contributed by atoms with van der Waals surface area (Å²) in [5.74, 6) is 0. The lowest BCUT2D eigenvalue weighted by Crippen LogP contribution is -2.26. The van der Waals surface area contributed by atoms with Gasteiger partial charge in [-0.15, -0.1) is 11.3 Å². The Morgan fingerprint density at radius 2 is 1.95 bits per heavy atom. The van der Waals surface area contributed by atoms with E-state index in [1.807, 2.05) is 23.6 Å². The van der Waals surface area contributed by atoms with Gasteiger partial charge in [0.2, 0.25) is 10.0 Å². The van der Waals surface area contributed by atoms with Crippen LogP contribution in [0.3, 0.4) is 0 Å². The van der Waals surface area contributed by atoms with Gasteiger partial charge in [0.15, 0.2) is 0 Å². The first kappa shape index (κ1) is 14.0. The molecule has 0 spiro atoms. The lowest BCUT2D eigenvalue weighted by molar-refractivity contribution is 0.470. The first-order valence-electron chi connectivity index (χ1n) is 5.81. The van der Waals surface area contributed by atoms with E-state index in [1.54, 1.807) is 43.6 Å². The topological polar surface area (TPSA) is 49.4 Å². The molecule has 1 aromatic heterocycles. The van der Waals surface area contributed by atoms with E-state index in [0.717, 1.165) is 4.88 Å². The van der Waals surface area contributed by atoms with E-state index in [2.05, 4.69) is 5.32 Å². The van der Waals surface area contributed by atoms with Crippen molar-refractivity contribution in [3.05, 3.63) is 46.7 Å². The lowest BCUT2D eigenvalue weighted by Gasteiger charge is -2.18. The van der Waals surface area contributed by atoms with Gasteiger partial charge in [-0.1, -0.05) is 18.2 Å². The maximum atomic E-state index is 12.5. The van der Waals surface area contributed by atoms with Gasteiger partial charge in [0, 0.05) is 25.5 Å². The predicted octanol–water partition coefficient (Wildman–Crippen LogP) is 2.61. The van der Waals surface area contributed by atoms with Gasteiger partial charge < -0.3 is 5.32 Å². The number of thiophene rings is 1. The molecule has 19 heavy (non-hydrogen) atoms. The van der Waals surface area contributed by atoms with Crippen LogP contribution in [0.15, 0.2) is 46.7 Å². The molecule has 4 nitrogen and oxygen atoms in total. The number of sulfonamides is 1. The minimum atomic E-state index is -3.48. The molecule has 1 N–H and O–H groups in total. The van der Waals surface area contributed by atoms with Crippen LogP contribution in [0.4, 0.5) is 5.69 Å². The van der Waals surface area contributed by atoms with Crippen LogP contribution in [0.1, 0.15) is 4.88 Å². The average molecular weight is 296 g/mol. The highest BCUT2D eigenvalue weighted by molar-refractivity contribution is 7.89. The third-order valence-electron chi connectivity index (χ3n) is 2.80. The molecule has 0 bridgehead atoms. The Kier molecular flexibility index (Phi) is 4.24. The van der Waals surface area contributed by atoms with Crippen LogP contribution >= 0.6 is 11.3 Å². The summed E-state index contributed by atoms with van der Waals surface area (Å²) in [5.41, 5.74) is 0.612. The zero-order chi connectivity index (χ0) is 13.9. The van der Waals surface area contributed by atoms with Gasteiger partial charge in [-0.3, -0.25) is 0 Å². The first-order valence-corrected chi connectivity index (χ1v) is 8.13. The number of hydrogen-bond donors (Lipinski definition) is 1. The van der Waals surface area contributed by atoms with Gasteiger partial charge in [-0.2, -0.15) is 4.31 Å². The molecule has 0 aliphatic carbocycles. The van der Waals surface area contributed by atoms with Gasteiger partial charge in [0.05, 0.1) is 5.69 Å². The second-order valence-corrected chi connectivity index (χ2v) is 7.13. The standard InChI is InChI=1S/C13H16N2O2S2/c1-14-12-7-3-4-8-13(12)19(16,17)15(2)10-11-6-5-9-18-11/h3-9,14H,10H2,1-2H3. The molecule has 0 fully saturated rings. The molecule has 0 amide bonds. The molecule has 102 valence electrons. The molecule has 1 heterocycles. The van der Waals surface area contributed by atoms with Crippen molar-refractivity contribution < 1.29 is 8.42 Å². The molecular weight excluding hydrogens is 280 g/mol. The Labute approximate surface area is 117 Å². The number of benzene rings is 1.